The second-order valence-corrected chi connectivity index (χ2v) is 5.46. The van der Waals surface area contributed by atoms with E-state index in [0.717, 1.165) is 18.5 Å². The zero-order valence-electron chi connectivity index (χ0n) is 10.3. The molecule has 2 bridgehead atoms. The van der Waals surface area contributed by atoms with Crippen molar-refractivity contribution in [3.63, 3.8) is 0 Å². The Morgan fingerprint density at radius 1 is 1.18 bits per heavy atom. The quantitative estimate of drug-likeness (QED) is 0.858. The number of hydrogen-bond acceptors (Lipinski definition) is 3. The van der Waals surface area contributed by atoms with Crippen molar-refractivity contribution in [2.45, 2.75) is 50.2 Å². The molecule has 92 valence electrons. The van der Waals surface area contributed by atoms with Gasteiger partial charge in [0.25, 0.3) is 0 Å². The van der Waals surface area contributed by atoms with Crippen molar-refractivity contribution in [2.24, 2.45) is 5.73 Å². The van der Waals surface area contributed by atoms with Crippen molar-refractivity contribution in [3.05, 3.63) is 30.1 Å². The summed E-state index contributed by atoms with van der Waals surface area (Å²) in [5.74, 6) is 0. The van der Waals surface area contributed by atoms with Crippen LogP contribution >= 0.6 is 0 Å². The molecule has 2 aliphatic rings. The van der Waals surface area contributed by atoms with Gasteiger partial charge in [-0.25, -0.2) is 0 Å². The molecule has 3 heteroatoms. The topological polar surface area (TPSA) is 42.1 Å². The number of nitrogens with zero attached hydrogens (tertiary/aromatic N) is 2. The van der Waals surface area contributed by atoms with Crippen LogP contribution in [-0.4, -0.2) is 34.6 Å². The molecule has 3 rings (SSSR count). The van der Waals surface area contributed by atoms with Gasteiger partial charge in [-0.05, 0) is 49.8 Å². The van der Waals surface area contributed by atoms with Crippen LogP contribution in [0.3, 0.4) is 0 Å². The standard InChI is InChI=1S/C14H21N3/c15-12-9-13-1-2-14(10-12)17(13)8-5-11-3-6-16-7-4-11/h3-4,6-7,12-14H,1-2,5,8-10,15H2. The third-order valence-corrected chi connectivity index (χ3v) is 4.33. The van der Waals surface area contributed by atoms with Gasteiger partial charge in [-0.15, -0.1) is 0 Å². The molecule has 0 saturated carbocycles. The Balaban J connectivity index is 1.60. The van der Waals surface area contributed by atoms with Crippen LogP contribution in [-0.2, 0) is 6.42 Å². The zero-order chi connectivity index (χ0) is 11.7. The monoisotopic (exact) mass is 231 g/mol. The van der Waals surface area contributed by atoms with E-state index in [1.807, 2.05) is 12.4 Å². The smallest absolute Gasteiger partial charge is 0.0270 e. The lowest BCUT2D eigenvalue weighted by molar-refractivity contribution is 0.129. The van der Waals surface area contributed by atoms with Crippen molar-refractivity contribution >= 4 is 0 Å². The van der Waals surface area contributed by atoms with Crippen molar-refractivity contribution in [3.8, 4) is 0 Å². The molecule has 2 saturated heterocycles. The van der Waals surface area contributed by atoms with Crippen molar-refractivity contribution in [2.75, 3.05) is 6.54 Å². The van der Waals surface area contributed by atoms with E-state index in [4.69, 9.17) is 5.73 Å². The molecular weight excluding hydrogens is 210 g/mol. The number of piperidine rings is 1. The summed E-state index contributed by atoms with van der Waals surface area (Å²) in [5.41, 5.74) is 7.49. The van der Waals surface area contributed by atoms with Crippen LogP contribution in [0.1, 0.15) is 31.2 Å². The third kappa shape index (κ3) is 2.35. The first-order valence-electron chi connectivity index (χ1n) is 6.73. The second-order valence-electron chi connectivity index (χ2n) is 5.46. The van der Waals surface area contributed by atoms with E-state index in [9.17, 15) is 0 Å². The maximum absolute atomic E-state index is 6.09. The van der Waals surface area contributed by atoms with E-state index in [1.165, 1.54) is 37.8 Å². The number of pyridine rings is 1. The summed E-state index contributed by atoms with van der Waals surface area (Å²) in [6, 6.07) is 6.20. The van der Waals surface area contributed by atoms with Crippen molar-refractivity contribution in [1.82, 2.24) is 9.88 Å². The normalized spacial score (nSPS) is 32.9. The van der Waals surface area contributed by atoms with Crippen LogP contribution in [0.5, 0.6) is 0 Å². The summed E-state index contributed by atoms with van der Waals surface area (Å²) in [6.07, 6.45) is 10.0. The fraction of sp³-hybridized carbons (Fsp3) is 0.643. The number of hydrogen-bond donors (Lipinski definition) is 1. The number of nitrogens with two attached hydrogens (primary N) is 1. The molecule has 0 spiro atoms. The molecule has 2 aliphatic heterocycles. The Morgan fingerprint density at radius 3 is 2.47 bits per heavy atom. The first-order valence-corrected chi connectivity index (χ1v) is 6.73. The minimum absolute atomic E-state index is 0.449. The SMILES string of the molecule is NC1CC2CCC(C1)N2CCc1ccncc1. The van der Waals surface area contributed by atoms with Crippen LogP contribution < -0.4 is 5.73 Å². The molecule has 17 heavy (non-hydrogen) atoms. The van der Waals surface area contributed by atoms with Gasteiger partial charge in [0, 0.05) is 37.1 Å². The van der Waals surface area contributed by atoms with Gasteiger partial charge >= 0.3 is 0 Å². The highest BCUT2D eigenvalue weighted by molar-refractivity contribution is 5.10. The van der Waals surface area contributed by atoms with Gasteiger partial charge in [-0.3, -0.25) is 9.88 Å². The van der Waals surface area contributed by atoms with E-state index in [0.29, 0.717) is 6.04 Å². The Hall–Kier alpha value is -0.930. The summed E-state index contributed by atoms with van der Waals surface area (Å²) >= 11 is 0. The Morgan fingerprint density at radius 2 is 1.82 bits per heavy atom. The largest absolute Gasteiger partial charge is 0.328 e. The molecule has 0 amide bonds. The molecule has 1 aromatic rings. The zero-order valence-corrected chi connectivity index (χ0v) is 10.3. The summed E-state index contributed by atoms with van der Waals surface area (Å²) in [6.45, 7) is 1.19. The maximum atomic E-state index is 6.09. The Kier molecular flexibility index (Phi) is 3.12. The Bertz CT molecular complexity index is 351. The average molecular weight is 231 g/mol. The van der Waals surface area contributed by atoms with E-state index in [2.05, 4.69) is 22.0 Å². The van der Waals surface area contributed by atoms with Crippen LogP contribution in [0, 0.1) is 0 Å². The molecule has 0 radical (unpaired) electrons. The molecule has 2 unspecified atom stereocenters. The van der Waals surface area contributed by atoms with Gasteiger partial charge in [0.1, 0.15) is 0 Å². The predicted octanol–water partition coefficient (Wildman–Crippen LogP) is 1.58. The lowest BCUT2D eigenvalue weighted by Crippen LogP contribution is -2.48. The fourth-order valence-corrected chi connectivity index (χ4v) is 3.49. The van der Waals surface area contributed by atoms with Crippen molar-refractivity contribution in [1.29, 1.82) is 0 Å². The maximum Gasteiger partial charge on any atom is 0.0270 e. The van der Waals surface area contributed by atoms with Gasteiger partial charge in [0.05, 0.1) is 0 Å². The second kappa shape index (κ2) is 4.75. The van der Waals surface area contributed by atoms with Gasteiger partial charge < -0.3 is 5.73 Å². The third-order valence-electron chi connectivity index (χ3n) is 4.33. The number of aromatic nitrogens is 1. The Labute approximate surface area is 103 Å². The molecule has 0 aliphatic carbocycles. The molecule has 2 N–H and O–H groups in total. The van der Waals surface area contributed by atoms with E-state index >= 15 is 0 Å². The summed E-state index contributed by atoms with van der Waals surface area (Å²) in [5, 5.41) is 0. The molecule has 2 fully saturated rings. The van der Waals surface area contributed by atoms with Crippen LogP contribution in [0.4, 0.5) is 0 Å². The van der Waals surface area contributed by atoms with Crippen LogP contribution in [0.15, 0.2) is 24.5 Å². The molecule has 3 heterocycles. The first-order chi connectivity index (χ1) is 8.33. The number of rotatable bonds is 3. The number of fused-ring (bicyclic) bond motifs is 2. The van der Waals surface area contributed by atoms with Gasteiger partial charge in [-0.1, -0.05) is 0 Å². The first kappa shape index (κ1) is 11.2. The molecule has 0 aromatic carbocycles. The predicted molar refractivity (Wildman–Crippen MR) is 68.7 cm³/mol. The highest BCUT2D eigenvalue weighted by Gasteiger charge is 2.38. The average Bonchev–Trinajstić information content (AvgIpc) is 2.59. The van der Waals surface area contributed by atoms with Crippen molar-refractivity contribution < 1.29 is 0 Å². The lowest BCUT2D eigenvalue weighted by atomic mass is 9.97. The van der Waals surface area contributed by atoms with Gasteiger partial charge in [-0.2, -0.15) is 0 Å². The molecule has 2 atom stereocenters. The summed E-state index contributed by atoms with van der Waals surface area (Å²) in [4.78, 5) is 6.76. The lowest BCUT2D eigenvalue weighted by Gasteiger charge is -2.37. The highest BCUT2D eigenvalue weighted by atomic mass is 15.2. The van der Waals surface area contributed by atoms with E-state index in [-0.39, 0.29) is 0 Å². The van der Waals surface area contributed by atoms with Crippen LogP contribution in [0.25, 0.3) is 0 Å². The molecular formula is C14H21N3. The summed E-state index contributed by atoms with van der Waals surface area (Å²) < 4.78 is 0. The fourth-order valence-electron chi connectivity index (χ4n) is 3.49. The minimum Gasteiger partial charge on any atom is -0.328 e. The van der Waals surface area contributed by atoms with E-state index in [1.54, 1.807) is 0 Å². The molecule has 1 aromatic heterocycles. The minimum atomic E-state index is 0.449. The molecule has 3 nitrogen and oxygen atoms in total. The van der Waals surface area contributed by atoms with Gasteiger partial charge in [0.15, 0.2) is 0 Å². The highest BCUT2D eigenvalue weighted by Crippen LogP contribution is 2.34. The summed E-state index contributed by atoms with van der Waals surface area (Å²) in [7, 11) is 0. The van der Waals surface area contributed by atoms with Gasteiger partial charge in [0.2, 0.25) is 0 Å². The van der Waals surface area contributed by atoms with Crippen LogP contribution in [0.2, 0.25) is 0 Å². The van der Waals surface area contributed by atoms with E-state index < -0.39 is 0 Å².